The second-order valence-corrected chi connectivity index (χ2v) is 6.67. The van der Waals surface area contributed by atoms with Gasteiger partial charge in [0.25, 0.3) is 0 Å². The van der Waals surface area contributed by atoms with E-state index in [1.807, 2.05) is 0 Å². The highest BCUT2D eigenvalue weighted by molar-refractivity contribution is 7.13. The highest BCUT2D eigenvalue weighted by Crippen LogP contribution is 2.40. The van der Waals surface area contributed by atoms with Gasteiger partial charge in [0.15, 0.2) is 0 Å². The molecule has 22 heavy (non-hydrogen) atoms. The predicted molar refractivity (Wildman–Crippen MR) is 84.0 cm³/mol. The van der Waals surface area contributed by atoms with Crippen molar-refractivity contribution in [2.75, 3.05) is 6.61 Å². The Morgan fingerprint density at radius 3 is 2.86 bits per heavy atom. The van der Waals surface area contributed by atoms with Gasteiger partial charge >= 0.3 is 5.97 Å². The first-order valence-electron chi connectivity index (χ1n) is 7.49. The number of esters is 1. The quantitative estimate of drug-likeness (QED) is 0.774. The van der Waals surface area contributed by atoms with E-state index >= 15 is 0 Å². The standard InChI is InChI=1S/C17H18FNO2S/c1-3-21-17(20)16-10(2)19-15(22-16)8-11-6-13(12-4-5-12)9-14(18)7-11/h6-7,9,12H,3-5,8H2,1-2H3. The van der Waals surface area contributed by atoms with Crippen LogP contribution in [0, 0.1) is 12.7 Å². The molecule has 1 aliphatic carbocycles. The number of halogens is 1. The lowest BCUT2D eigenvalue weighted by molar-refractivity contribution is 0.0531. The maximum absolute atomic E-state index is 13.7. The minimum atomic E-state index is -0.332. The monoisotopic (exact) mass is 319 g/mol. The average Bonchev–Trinajstić information content (AvgIpc) is 3.23. The normalized spacial score (nSPS) is 14.1. The lowest BCUT2D eigenvalue weighted by Gasteiger charge is -2.04. The van der Waals surface area contributed by atoms with E-state index in [1.54, 1.807) is 26.0 Å². The van der Waals surface area contributed by atoms with Crippen molar-refractivity contribution in [1.29, 1.82) is 0 Å². The van der Waals surface area contributed by atoms with Gasteiger partial charge in [0, 0.05) is 6.42 Å². The molecule has 0 spiro atoms. The third-order valence-corrected chi connectivity index (χ3v) is 4.82. The van der Waals surface area contributed by atoms with Gasteiger partial charge in [0.05, 0.1) is 17.3 Å². The van der Waals surface area contributed by atoms with E-state index in [0.29, 0.717) is 29.5 Å². The SMILES string of the molecule is CCOC(=O)c1sc(Cc2cc(F)cc(C3CC3)c2)nc1C. The number of benzene rings is 1. The summed E-state index contributed by atoms with van der Waals surface area (Å²) in [6.07, 6.45) is 2.83. The summed E-state index contributed by atoms with van der Waals surface area (Å²) in [4.78, 5) is 16.8. The smallest absolute Gasteiger partial charge is 0.350 e. The minimum absolute atomic E-state index is 0.196. The number of nitrogens with zero attached hydrogens (tertiary/aromatic N) is 1. The number of hydrogen-bond acceptors (Lipinski definition) is 4. The molecule has 1 heterocycles. The van der Waals surface area contributed by atoms with Crippen LogP contribution in [0.25, 0.3) is 0 Å². The molecule has 1 aromatic heterocycles. The van der Waals surface area contributed by atoms with Gasteiger partial charge in [-0.25, -0.2) is 14.2 Å². The Hall–Kier alpha value is -1.75. The van der Waals surface area contributed by atoms with E-state index in [4.69, 9.17) is 4.74 Å². The van der Waals surface area contributed by atoms with Crippen molar-refractivity contribution in [3.63, 3.8) is 0 Å². The maximum atomic E-state index is 13.7. The Balaban J connectivity index is 1.81. The van der Waals surface area contributed by atoms with Crippen LogP contribution in [-0.4, -0.2) is 17.6 Å². The van der Waals surface area contributed by atoms with Crippen molar-refractivity contribution in [3.05, 3.63) is 50.7 Å². The lowest BCUT2D eigenvalue weighted by Crippen LogP contribution is -2.03. The molecule has 5 heteroatoms. The van der Waals surface area contributed by atoms with Crippen LogP contribution >= 0.6 is 11.3 Å². The fourth-order valence-corrected chi connectivity index (χ4v) is 3.51. The summed E-state index contributed by atoms with van der Waals surface area (Å²) in [6, 6.07) is 5.23. The predicted octanol–water partition coefficient (Wildman–Crippen LogP) is 4.24. The molecular weight excluding hydrogens is 301 g/mol. The molecule has 3 nitrogen and oxygen atoms in total. The van der Waals surface area contributed by atoms with Crippen LogP contribution in [0.1, 0.15) is 57.2 Å². The number of rotatable bonds is 5. The summed E-state index contributed by atoms with van der Waals surface area (Å²) in [5.41, 5.74) is 2.66. The molecule has 2 aromatic rings. The van der Waals surface area contributed by atoms with Gasteiger partial charge in [-0.2, -0.15) is 0 Å². The molecule has 1 fully saturated rings. The Morgan fingerprint density at radius 2 is 2.18 bits per heavy atom. The van der Waals surface area contributed by atoms with Crippen LogP contribution in [0.15, 0.2) is 18.2 Å². The van der Waals surface area contributed by atoms with Crippen LogP contribution < -0.4 is 0 Å². The number of aromatic nitrogens is 1. The van der Waals surface area contributed by atoms with E-state index in [0.717, 1.165) is 29.0 Å². The Labute approximate surface area is 133 Å². The second-order valence-electron chi connectivity index (χ2n) is 5.59. The summed E-state index contributed by atoms with van der Waals surface area (Å²) in [7, 11) is 0. The summed E-state index contributed by atoms with van der Waals surface area (Å²) in [6.45, 7) is 3.93. The van der Waals surface area contributed by atoms with Crippen molar-refractivity contribution in [1.82, 2.24) is 4.98 Å². The molecule has 3 rings (SSSR count). The van der Waals surface area contributed by atoms with Crippen LogP contribution in [-0.2, 0) is 11.2 Å². The average molecular weight is 319 g/mol. The highest BCUT2D eigenvalue weighted by atomic mass is 32.1. The van der Waals surface area contributed by atoms with E-state index in [2.05, 4.69) is 11.1 Å². The molecule has 0 unspecified atom stereocenters. The number of hydrogen-bond donors (Lipinski definition) is 0. The third kappa shape index (κ3) is 3.35. The van der Waals surface area contributed by atoms with E-state index in [1.165, 1.54) is 11.3 Å². The molecule has 0 bridgehead atoms. The van der Waals surface area contributed by atoms with Gasteiger partial charge in [-0.15, -0.1) is 11.3 Å². The molecule has 1 aliphatic rings. The maximum Gasteiger partial charge on any atom is 0.350 e. The largest absolute Gasteiger partial charge is 0.462 e. The first kappa shape index (κ1) is 15.2. The van der Waals surface area contributed by atoms with Crippen molar-refractivity contribution < 1.29 is 13.9 Å². The number of carbonyl (C=O) groups is 1. The Bertz CT molecular complexity index is 707. The van der Waals surface area contributed by atoms with E-state index < -0.39 is 0 Å². The number of carbonyl (C=O) groups excluding carboxylic acids is 1. The van der Waals surface area contributed by atoms with Crippen LogP contribution in [0.5, 0.6) is 0 Å². The second kappa shape index (κ2) is 6.16. The molecule has 1 saturated carbocycles. The van der Waals surface area contributed by atoms with Crippen LogP contribution in [0.3, 0.4) is 0 Å². The van der Waals surface area contributed by atoms with Crippen LogP contribution in [0.4, 0.5) is 4.39 Å². The zero-order chi connectivity index (χ0) is 15.7. The highest BCUT2D eigenvalue weighted by Gasteiger charge is 2.24. The fourth-order valence-electron chi connectivity index (χ4n) is 2.52. The van der Waals surface area contributed by atoms with E-state index in [9.17, 15) is 9.18 Å². The van der Waals surface area contributed by atoms with Crippen molar-refractivity contribution in [3.8, 4) is 0 Å². The van der Waals surface area contributed by atoms with Gasteiger partial charge < -0.3 is 4.74 Å². The Morgan fingerprint density at radius 1 is 1.41 bits per heavy atom. The first-order valence-corrected chi connectivity index (χ1v) is 8.31. The molecule has 0 saturated heterocycles. The molecule has 0 radical (unpaired) electrons. The van der Waals surface area contributed by atoms with Crippen molar-refractivity contribution in [2.24, 2.45) is 0 Å². The summed E-state index contributed by atoms with van der Waals surface area (Å²) in [5.74, 6) is -0.0115. The molecule has 0 N–H and O–H groups in total. The van der Waals surface area contributed by atoms with Gasteiger partial charge in [-0.05, 0) is 55.9 Å². The Kier molecular flexibility index (Phi) is 4.25. The van der Waals surface area contributed by atoms with Crippen molar-refractivity contribution in [2.45, 2.75) is 39.0 Å². The third-order valence-electron chi connectivity index (χ3n) is 3.69. The van der Waals surface area contributed by atoms with Crippen molar-refractivity contribution >= 4 is 17.3 Å². The zero-order valence-electron chi connectivity index (χ0n) is 12.7. The fraction of sp³-hybridized carbons (Fsp3) is 0.412. The molecular formula is C17H18FNO2S. The number of aryl methyl sites for hydroxylation is 1. The zero-order valence-corrected chi connectivity index (χ0v) is 13.5. The minimum Gasteiger partial charge on any atom is -0.462 e. The number of thiazole rings is 1. The summed E-state index contributed by atoms with van der Waals surface area (Å²) < 4.78 is 18.8. The molecule has 0 amide bonds. The first-order chi connectivity index (χ1) is 10.6. The molecule has 0 aliphatic heterocycles. The van der Waals surface area contributed by atoms with Crippen LogP contribution in [0.2, 0.25) is 0 Å². The molecule has 0 atom stereocenters. The lowest BCUT2D eigenvalue weighted by atomic mass is 10.0. The van der Waals surface area contributed by atoms with Gasteiger partial charge in [-0.1, -0.05) is 6.07 Å². The summed E-state index contributed by atoms with van der Waals surface area (Å²) in [5, 5.41) is 0.813. The molecule has 1 aromatic carbocycles. The van der Waals surface area contributed by atoms with Gasteiger partial charge in [-0.3, -0.25) is 0 Å². The topological polar surface area (TPSA) is 39.2 Å². The molecule has 116 valence electrons. The summed E-state index contributed by atoms with van der Waals surface area (Å²) >= 11 is 1.33. The van der Waals surface area contributed by atoms with Gasteiger partial charge in [0.2, 0.25) is 0 Å². The van der Waals surface area contributed by atoms with E-state index in [-0.39, 0.29) is 11.8 Å². The number of ether oxygens (including phenoxy) is 1. The van der Waals surface area contributed by atoms with Gasteiger partial charge in [0.1, 0.15) is 10.7 Å².